The van der Waals surface area contributed by atoms with Crippen LogP contribution in [0.1, 0.15) is 40.6 Å². The Hall–Kier alpha value is -2.47. The first kappa shape index (κ1) is 16.4. The van der Waals surface area contributed by atoms with E-state index in [4.69, 9.17) is 10.5 Å². The van der Waals surface area contributed by atoms with Gasteiger partial charge >= 0.3 is 0 Å². The first-order chi connectivity index (χ1) is 11.6. The van der Waals surface area contributed by atoms with Gasteiger partial charge in [0.25, 0.3) is 5.91 Å². The van der Waals surface area contributed by atoms with Gasteiger partial charge < -0.3 is 15.8 Å². The predicted molar refractivity (Wildman–Crippen MR) is 91.4 cm³/mol. The molecule has 1 aliphatic rings. The highest BCUT2D eigenvalue weighted by Gasteiger charge is 2.28. The summed E-state index contributed by atoms with van der Waals surface area (Å²) in [5.74, 6) is 0.0714. The summed E-state index contributed by atoms with van der Waals surface area (Å²) < 4.78 is 5.97. The third-order valence-corrected chi connectivity index (χ3v) is 4.32. The van der Waals surface area contributed by atoms with Crippen LogP contribution in [0.3, 0.4) is 0 Å². The highest BCUT2D eigenvalue weighted by atomic mass is 16.5. The number of nitrogens with two attached hydrogens (primary N) is 1. The van der Waals surface area contributed by atoms with Gasteiger partial charge in [0, 0.05) is 31.5 Å². The van der Waals surface area contributed by atoms with Crippen molar-refractivity contribution in [3.63, 3.8) is 0 Å². The molecule has 126 valence electrons. The van der Waals surface area contributed by atoms with Crippen molar-refractivity contribution >= 4 is 11.7 Å². The zero-order chi connectivity index (χ0) is 16.9. The molecule has 2 heterocycles. The zero-order valence-corrected chi connectivity index (χ0v) is 13.7. The van der Waals surface area contributed by atoms with Crippen LogP contribution in [0.4, 0.5) is 5.82 Å². The van der Waals surface area contributed by atoms with Gasteiger partial charge in [0.2, 0.25) is 0 Å². The average Bonchev–Trinajstić information content (AvgIpc) is 2.61. The number of ether oxygens (including phenoxy) is 1. The maximum Gasteiger partial charge on any atom is 0.273 e. The number of carbonyl (C=O) groups excluding carboxylic acids is 1. The van der Waals surface area contributed by atoms with Gasteiger partial charge in [-0.2, -0.15) is 0 Å². The second kappa shape index (κ2) is 7.40. The molecule has 0 bridgehead atoms. The van der Waals surface area contributed by atoms with Crippen molar-refractivity contribution in [2.24, 2.45) is 5.92 Å². The molecule has 1 fully saturated rings. The van der Waals surface area contributed by atoms with E-state index >= 15 is 0 Å². The molecule has 3 rings (SSSR count). The topological polar surface area (TPSA) is 90.1 Å². The summed E-state index contributed by atoms with van der Waals surface area (Å²) in [6.07, 6.45) is 4.93. The van der Waals surface area contributed by atoms with Gasteiger partial charge in [0.15, 0.2) is 11.5 Å². The van der Waals surface area contributed by atoms with Gasteiger partial charge in [-0.1, -0.05) is 29.8 Å². The number of aryl methyl sites for hydroxylation is 1. The van der Waals surface area contributed by atoms with E-state index in [-0.39, 0.29) is 29.4 Å². The number of aromatic nitrogens is 2. The third-order valence-electron chi connectivity index (χ3n) is 4.32. The summed E-state index contributed by atoms with van der Waals surface area (Å²) in [5, 5.41) is 2.92. The summed E-state index contributed by atoms with van der Waals surface area (Å²) >= 11 is 0. The Kier molecular flexibility index (Phi) is 5.05. The van der Waals surface area contributed by atoms with Gasteiger partial charge in [-0.3, -0.25) is 4.79 Å². The average molecular weight is 326 g/mol. The van der Waals surface area contributed by atoms with Gasteiger partial charge in [-0.15, -0.1) is 0 Å². The molecular weight excluding hydrogens is 304 g/mol. The minimum Gasteiger partial charge on any atom is -0.382 e. The molecule has 3 N–H and O–H groups in total. The highest BCUT2D eigenvalue weighted by molar-refractivity contribution is 5.96. The lowest BCUT2D eigenvalue weighted by Crippen LogP contribution is -2.35. The SMILES string of the molecule is Cc1ccc([C@@H]2OCCC[C@@H]2CNC(=O)c2nccnc2N)cc1. The van der Waals surface area contributed by atoms with E-state index in [0.29, 0.717) is 6.54 Å². The van der Waals surface area contributed by atoms with Crippen molar-refractivity contribution in [3.8, 4) is 0 Å². The monoisotopic (exact) mass is 326 g/mol. The van der Waals surface area contributed by atoms with E-state index in [0.717, 1.165) is 25.0 Å². The van der Waals surface area contributed by atoms with Crippen molar-refractivity contribution < 1.29 is 9.53 Å². The van der Waals surface area contributed by atoms with Crippen molar-refractivity contribution in [3.05, 3.63) is 53.5 Å². The number of nitrogens with zero attached hydrogens (tertiary/aromatic N) is 2. The van der Waals surface area contributed by atoms with Gasteiger partial charge in [0.1, 0.15) is 0 Å². The van der Waals surface area contributed by atoms with E-state index in [1.165, 1.54) is 18.0 Å². The lowest BCUT2D eigenvalue weighted by Gasteiger charge is -2.32. The molecule has 6 nitrogen and oxygen atoms in total. The number of amides is 1. The number of nitrogen functional groups attached to an aromatic ring is 1. The molecule has 1 saturated heterocycles. The van der Waals surface area contributed by atoms with Gasteiger partial charge in [0.05, 0.1) is 6.10 Å². The second-order valence-corrected chi connectivity index (χ2v) is 6.10. The molecule has 1 aliphatic heterocycles. The zero-order valence-electron chi connectivity index (χ0n) is 13.7. The molecule has 0 spiro atoms. The number of anilines is 1. The van der Waals surface area contributed by atoms with Crippen molar-refractivity contribution in [2.75, 3.05) is 18.9 Å². The summed E-state index contributed by atoms with van der Waals surface area (Å²) in [5.41, 5.74) is 8.24. The fourth-order valence-corrected chi connectivity index (χ4v) is 3.01. The Labute approximate surface area is 141 Å². The lowest BCUT2D eigenvalue weighted by atomic mass is 9.89. The molecule has 1 aromatic heterocycles. The summed E-state index contributed by atoms with van der Waals surface area (Å²) in [7, 11) is 0. The Morgan fingerprint density at radius 1 is 1.29 bits per heavy atom. The number of carbonyl (C=O) groups is 1. The molecular formula is C18H22N4O2. The van der Waals surface area contributed by atoms with Crippen LogP contribution in [-0.2, 0) is 4.74 Å². The summed E-state index contributed by atoms with van der Waals surface area (Å²) in [6, 6.07) is 8.37. The fraction of sp³-hybridized carbons (Fsp3) is 0.389. The maximum atomic E-state index is 12.3. The largest absolute Gasteiger partial charge is 0.382 e. The number of hydrogen-bond donors (Lipinski definition) is 2. The molecule has 1 aromatic carbocycles. The Balaban J connectivity index is 1.67. The quantitative estimate of drug-likeness (QED) is 0.899. The Bertz CT molecular complexity index is 702. The van der Waals surface area contributed by atoms with E-state index in [1.54, 1.807) is 0 Å². The van der Waals surface area contributed by atoms with Crippen LogP contribution >= 0.6 is 0 Å². The molecule has 1 amide bonds. The first-order valence-corrected chi connectivity index (χ1v) is 8.18. The highest BCUT2D eigenvalue weighted by Crippen LogP contribution is 2.33. The molecule has 24 heavy (non-hydrogen) atoms. The van der Waals surface area contributed by atoms with Crippen LogP contribution in [0, 0.1) is 12.8 Å². The number of benzene rings is 1. The number of hydrogen-bond acceptors (Lipinski definition) is 5. The summed E-state index contributed by atoms with van der Waals surface area (Å²) in [4.78, 5) is 20.2. The van der Waals surface area contributed by atoms with Crippen molar-refractivity contribution in [1.82, 2.24) is 15.3 Å². The van der Waals surface area contributed by atoms with Crippen LogP contribution in [0.2, 0.25) is 0 Å². The molecule has 0 unspecified atom stereocenters. The molecule has 0 radical (unpaired) electrons. The smallest absolute Gasteiger partial charge is 0.273 e. The van der Waals surface area contributed by atoms with Crippen molar-refractivity contribution in [1.29, 1.82) is 0 Å². The first-order valence-electron chi connectivity index (χ1n) is 8.18. The molecule has 6 heteroatoms. The normalized spacial score (nSPS) is 20.5. The van der Waals surface area contributed by atoms with Gasteiger partial charge in [-0.25, -0.2) is 9.97 Å². The molecule has 2 atom stereocenters. The van der Waals surface area contributed by atoms with E-state index in [9.17, 15) is 4.79 Å². The third kappa shape index (κ3) is 3.71. The fourth-order valence-electron chi connectivity index (χ4n) is 3.01. The maximum absolute atomic E-state index is 12.3. The van der Waals surface area contributed by atoms with Gasteiger partial charge in [-0.05, 0) is 25.3 Å². The van der Waals surface area contributed by atoms with Crippen LogP contribution < -0.4 is 11.1 Å². The van der Waals surface area contributed by atoms with Crippen LogP contribution in [-0.4, -0.2) is 29.0 Å². The Morgan fingerprint density at radius 3 is 2.79 bits per heavy atom. The van der Waals surface area contributed by atoms with Crippen LogP contribution in [0.15, 0.2) is 36.7 Å². The minimum atomic E-state index is -0.297. The summed E-state index contributed by atoms with van der Waals surface area (Å²) in [6.45, 7) is 3.34. The Morgan fingerprint density at radius 2 is 2.04 bits per heavy atom. The minimum absolute atomic E-state index is 0.00106. The second-order valence-electron chi connectivity index (χ2n) is 6.10. The van der Waals surface area contributed by atoms with Crippen molar-refractivity contribution in [2.45, 2.75) is 25.9 Å². The van der Waals surface area contributed by atoms with E-state index < -0.39 is 0 Å². The standard InChI is InChI=1S/C18H22N4O2/c1-12-4-6-13(7-5-12)16-14(3-2-10-24-16)11-22-18(23)15-17(19)21-9-8-20-15/h4-9,14,16H,2-3,10-11H2,1H3,(H2,19,21)(H,22,23)/t14-,16+/m1/s1. The van der Waals surface area contributed by atoms with E-state index in [1.807, 2.05) is 0 Å². The number of nitrogens with one attached hydrogen (secondary N) is 1. The number of rotatable bonds is 4. The van der Waals surface area contributed by atoms with Crippen LogP contribution in [0.25, 0.3) is 0 Å². The van der Waals surface area contributed by atoms with Crippen LogP contribution in [0.5, 0.6) is 0 Å². The molecule has 2 aromatic rings. The molecule has 0 aliphatic carbocycles. The lowest BCUT2D eigenvalue weighted by molar-refractivity contribution is -0.0272. The predicted octanol–water partition coefficient (Wildman–Crippen LogP) is 2.26. The molecule has 0 saturated carbocycles. The van der Waals surface area contributed by atoms with E-state index in [2.05, 4.69) is 46.5 Å².